The van der Waals surface area contributed by atoms with Gasteiger partial charge in [-0.15, -0.1) is 0 Å². The summed E-state index contributed by atoms with van der Waals surface area (Å²) >= 11 is 0. The summed E-state index contributed by atoms with van der Waals surface area (Å²) in [4.78, 5) is 27.0. The van der Waals surface area contributed by atoms with E-state index in [0.29, 0.717) is 11.3 Å². The summed E-state index contributed by atoms with van der Waals surface area (Å²) < 4.78 is 0. The van der Waals surface area contributed by atoms with Gasteiger partial charge in [0.25, 0.3) is 0 Å². The molecule has 0 unspecified atom stereocenters. The van der Waals surface area contributed by atoms with Crippen LogP contribution in [-0.2, 0) is 4.79 Å². The van der Waals surface area contributed by atoms with E-state index in [0.717, 1.165) is 5.06 Å². The van der Waals surface area contributed by atoms with Crippen molar-refractivity contribution in [1.82, 2.24) is 10.4 Å². The quantitative estimate of drug-likeness (QED) is 0.387. The number of Topliss-reactive ketones (excluding diaryl/α,β-unsaturated/α-hetero) is 1. The molecule has 1 fully saturated rings. The first-order valence-corrected chi connectivity index (χ1v) is 6.91. The number of aliphatic imine (C=N–C) groups is 1. The Morgan fingerprint density at radius 2 is 1.82 bits per heavy atom. The van der Waals surface area contributed by atoms with Crippen LogP contribution in [0.5, 0.6) is 0 Å². The number of hydrogen-bond acceptors (Lipinski definition) is 6. The minimum atomic E-state index is -0.899. The molecule has 2 N–H and O–H groups in total. The van der Waals surface area contributed by atoms with Crippen LogP contribution >= 0.6 is 0 Å². The first kappa shape index (κ1) is 16.1. The summed E-state index contributed by atoms with van der Waals surface area (Å²) in [5.41, 5.74) is -0.938. The minimum Gasteiger partial charge on any atom is -0.366 e. The maximum absolute atomic E-state index is 12.7. The van der Waals surface area contributed by atoms with Crippen LogP contribution in [0.25, 0.3) is 0 Å². The molecule has 116 valence electrons. The second-order valence-electron chi connectivity index (χ2n) is 6.18. The number of nitrogens with one attached hydrogen (secondary N) is 1. The highest BCUT2D eigenvalue weighted by Crippen LogP contribution is 2.37. The summed E-state index contributed by atoms with van der Waals surface area (Å²) in [6, 6.07) is 8.55. The molecule has 6 heteroatoms. The van der Waals surface area contributed by atoms with Crippen molar-refractivity contribution in [2.45, 2.75) is 38.9 Å². The number of hydrogen-bond donors (Lipinski definition) is 2. The van der Waals surface area contributed by atoms with Gasteiger partial charge in [-0.1, -0.05) is 30.3 Å². The number of benzene rings is 1. The Morgan fingerprint density at radius 1 is 1.23 bits per heavy atom. The van der Waals surface area contributed by atoms with Crippen molar-refractivity contribution >= 4 is 11.9 Å². The zero-order valence-corrected chi connectivity index (χ0v) is 13.0. The van der Waals surface area contributed by atoms with E-state index in [1.54, 1.807) is 58.0 Å². The van der Waals surface area contributed by atoms with Crippen LogP contribution in [0.2, 0.25) is 0 Å². The molecule has 2 rings (SSSR count). The van der Waals surface area contributed by atoms with Gasteiger partial charge in [-0.2, -0.15) is 10.1 Å². The highest BCUT2D eigenvalue weighted by atomic mass is 16.5. The lowest BCUT2D eigenvalue weighted by molar-refractivity contribution is -0.191. The number of carbonyl (C=O) groups excluding carboxylic acids is 2. The lowest BCUT2D eigenvalue weighted by atomic mass is 9.97. The third-order valence-electron chi connectivity index (χ3n) is 3.75. The van der Waals surface area contributed by atoms with E-state index in [1.165, 1.54) is 6.08 Å². The van der Waals surface area contributed by atoms with E-state index in [2.05, 4.69) is 10.3 Å². The molecule has 0 atom stereocenters. The van der Waals surface area contributed by atoms with Gasteiger partial charge in [0, 0.05) is 5.56 Å². The predicted octanol–water partition coefficient (Wildman–Crippen LogP) is 2.23. The molecule has 6 nitrogen and oxygen atoms in total. The van der Waals surface area contributed by atoms with E-state index in [1.807, 2.05) is 0 Å². The molecule has 1 aliphatic heterocycles. The Labute approximate surface area is 129 Å². The second kappa shape index (κ2) is 5.50. The van der Waals surface area contributed by atoms with Crippen LogP contribution in [0.4, 0.5) is 0 Å². The van der Waals surface area contributed by atoms with Crippen molar-refractivity contribution in [3.8, 4) is 0 Å². The molecule has 1 saturated heterocycles. The van der Waals surface area contributed by atoms with Crippen LogP contribution in [0.3, 0.4) is 0 Å². The molecule has 22 heavy (non-hydrogen) atoms. The molecular weight excluding hydrogens is 282 g/mol. The van der Waals surface area contributed by atoms with E-state index < -0.39 is 17.0 Å². The fraction of sp³-hybridized carbons (Fsp3) is 0.375. The lowest BCUT2D eigenvalue weighted by Crippen LogP contribution is -2.48. The summed E-state index contributed by atoms with van der Waals surface area (Å²) in [5, 5.41) is 14.5. The molecule has 0 radical (unpaired) electrons. The van der Waals surface area contributed by atoms with Gasteiger partial charge in [0.2, 0.25) is 11.9 Å². The predicted molar refractivity (Wildman–Crippen MR) is 80.8 cm³/mol. The van der Waals surface area contributed by atoms with Crippen molar-refractivity contribution < 1.29 is 14.8 Å². The average molecular weight is 301 g/mol. The van der Waals surface area contributed by atoms with Gasteiger partial charge in [-0.25, -0.2) is 4.79 Å². The number of nitrogens with zero attached hydrogens (tertiary/aromatic N) is 2. The second-order valence-corrected chi connectivity index (χ2v) is 6.18. The molecule has 1 heterocycles. The SMILES string of the molecule is CC1(C)N/C(=C(/N=C=O)C(=O)c2ccccc2)C(C)(C)N1O. The van der Waals surface area contributed by atoms with Crippen LogP contribution in [-0.4, -0.2) is 33.3 Å². The highest BCUT2D eigenvalue weighted by molar-refractivity contribution is 6.09. The lowest BCUT2D eigenvalue weighted by Gasteiger charge is -2.32. The molecule has 1 aliphatic rings. The molecule has 1 aromatic carbocycles. The third-order valence-corrected chi connectivity index (χ3v) is 3.75. The molecule has 0 aromatic heterocycles. The monoisotopic (exact) mass is 301 g/mol. The fourth-order valence-electron chi connectivity index (χ4n) is 2.66. The average Bonchev–Trinajstić information content (AvgIpc) is 2.65. The minimum absolute atomic E-state index is 0.0455. The summed E-state index contributed by atoms with van der Waals surface area (Å²) in [6.45, 7) is 7.00. The van der Waals surface area contributed by atoms with E-state index in [-0.39, 0.29) is 5.70 Å². The zero-order valence-electron chi connectivity index (χ0n) is 13.0. The van der Waals surface area contributed by atoms with E-state index in [4.69, 9.17) is 0 Å². The number of rotatable bonds is 3. The maximum Gasteiger partial charge on any atom is 0.240 e. The Bertz CT molecular complexity index is 671. The fourth-order valence-corrected chi connectivity index (χ4v) is 2.66. The first-order valence-electron chi connectivity index (χ1n) is 6.91. The van der Waals surface area contributed by atoms with Gasteiger partial charge in [-0.05, 0) is 27.7 Å². The Morgan fingerprint density at radius 3 is 2.27 bits per heavy atom. The van der Waals surface area contributed by atoms with E-state index in [9.17, 15) is 14.8 Å². The van der Waals surface area contributed by atoms with E-state index >= 15 is 0 Å². The van der Waals surface area contributed by atoms with Crippen LogP contribution in [0.15, 0.2) is 46.7 Å². The van der Waals surface area contributed by atoms with Gasteiger partial charge < -0.3 is 10.5 Å². The normalized spacial score (nSPS) is 21.7. The Balaban J connectivity index is 2.61. The molecule has 0 aliphatic carbocycles. The van der Waals surface area contributed by atoms with Gasteiger partial charge in [0.1, 0.15) is 11.4 Å². The summed E-state index contributed by atoms with van der Waals surface area (Å²) in [6.07, 6.45) is 1.43. The largest absolute Gasteiger partial charge is 0.366 e. The van der Waals surface area contributed by atoms with Gasteiger partial charge in [0.05, 0.1) is 11.2 Å². The molecule has 1 aromatic rings. The molecule has 0 saturated carbocycles. The Hall–Kier alpha value is -2.27. The van der Waals surface area contributed by atoms with Crippen molar-refractivity contribution in [2.75, 3.05) is 0 Å². The standard InChI is InChI=1S/C16H19N3O3/c1-15(2)14(18-16(3,4)19(15)22)12(17-10-20)13(21)11-8-6-5-7-9-11/h5-9,18,22H,1-4H3/b14-12+. The van der Waals surface area contributed by atoms with Crippen LogP contribution < -0.4 is 5.32 Å². The molecular formula is C16H19N3O3. The topological polar surface area (TPSA) is 82.0 Å². The molecule has 0 bridgehead atoms. The third kappa shape index (κ3) is 2.60. The van der Waals surface area contributed by atoms with Crippen LogP contribution in [0.1, 0.15) is 38.1 Å². The first-order chi connectivity index (χ1) is 10.2. The maximum atomic E-state index is 12.7. The number of isocyanates is 1. The van der Waals surface area contributed by atoms with Crippen molar-refractivity contribution in [3.63, 3.8) is 0 Å². The Kier molecular flexibility index (Phi) is 4.02. The zero-order chi connectivity index (χ0) is 16.5. The van der Waals surface area contributed by atoms with Gasteiger partial charge >= 0.3 is 0 Å². The number of ketones is 1. The van der Waals surface area contributed by atoms with Gasteiger partial charge in [0.15, 0.2) is 0 Å². The summed E-state index contributed by atoms with van der Waals surface area (Å²) in [5.74, 6) is -0.398. The molecule has 0 amide bonds. The van der Waals surface area contributed by atoms with Crippen molar-refractivity contribution in [1.29, 1.82) is 0 Å². The van der Waals surface area contributed by atoms with Crippen molar-refractivity contribution in [3.05, 3.63) is 47.3 Å². The molecule has 0 spiro atoms. The number of carbonyl (C=O) groups is 1. The van der Waals surface area contributed by atoms with Gasteiger partial charge in [-0.3, -0.25) is 4.79 Å². The summed E-state index contributed by atoms with van der Waals surface area (Å²) in [7, 11) is 0. The highest BCUT2D eigenvalue weighted by Gasteiger charge is 2.50. The van der Waals surface area contributed by atoms with Crippen LogP contribution in [0, 0.1) is 0 Å². The number of hydroxylamine groups is 2. The van der Waals surface area contributed by atoms with Crippen molar-refractivity contribution in [2.24, 2.45) is 4.99 Å². The number of allylic oxidation sites excluding steroid dienone is 1. The smallest absolute Gasteiger partial charge is 0.240 e.